The van der Waals surface area contributed by atoms with Gasteiger partial charge in [-0.1, -0.05) is 64.3 Å². The Morgan fingerprint density at radius 2 is 1.67 bits per heavy atom. The molecule has 0 aliphatic heterocycles. The van der Waals surface area contributed by atoms with E-state index in [0.29, 0.717) is 6.61 Å². The Labute approximate surface area is 130 Å². The predicted octanol–water partition coefficient (Wildman–Crippen LogP) is 4.02. The molecule has 0 bridgehead atoms. The third-order valence-corrected chi connectivity index (χ3v) is 4.90. The molecule has 0 radical (unpaired) electrons. The molecule has 0 saturated heterocycles. The molecular weight excluding hydrogens is 258 g/mol. The van der Waals surface area contributed by atoms with Gasteiger partial charge < -0.3 is 10.4 Å². The van der Waals surface area contributed by atoms with E-state index < -0.39 is 0 Å². The van der Waals surface area contributed by atoms with Crippen molar-refractivity contribution in [3.8, 4) is 0 Å². The average molecular weight is 289 g/mol. The molecule has 118 valence electrons. The first kappa shape index (κ1) is 16.5. The van der Waals surface area contributed by atoms with Crippen LogP contribution in [0.25, 0.3) is 0 Å². The highest BCUT2D eigenvalue weighted by molar-refractivity contribution is 5.27. The molecule has 1 fully saturated rings. The Hall–Kier alpha value is -0.860. The van der Waals surface area contributed by atoms with E-state index in [9.17, 15) is 5.11 Å². The van der Waals surface area contributed by atoms with E-state index in [0.717, 1.165) is 13.1 Å². The van der Waals surface area contributed by atoms with Crippen LogP contribution in [0.5, 0.6) is 0 Å². The van der Waals surface area contributed by atoms with Crippen LogP contribution in [-0.4, -0.2) is 18.3 Å². The molecule has 1 saturated carbocycles. The minimum atomic E-state index is 0.129. The summed E-state index contributed by atoms with van der Waals surface area (Å²) in [6.45, 7) is 8.89. The van der Waals surface area contributed by atoms with Gasteiger partial charge in [-0.05, 0) is 29.4 Å². The highest BCUT2D eigenvalue weighted by atomic mass is 16.3. The minimum Gasteiger partial charge on any atom is -0.396 e. The number of hydrogen-bond acceptors (Lipinski definition) is 2. The van der Waals surface area contributed by atoms with Crippen molar-refractivity contribution in [2.45, 2.75) is 64.8 Å². The van der Waals surface area contributed by atoms with Gasteiger partial charge in [0, 0.05) is 25.1 Å². The van der Waals surface area contributed by atoms with Crippen LogP contribution in [0, 0.1) is 5.41 Å². The van der Waals surface area contributed by atoms with Gasteiger partial charge >= 0.3 is 0 Å². The zero-order valence-corrected chi connectivity index (χ0v) is 13.9. The number of aliphatic hydroxyl groups excluding tert-OH is 1. The zero-order valence-electron chi connectivity index (χ0n) is 13.9. The summed E-state index contributed by atoms with van der Waals surface area (Å²) in [5, 5.41) is 13.3. The molecular formula is C19H31NO. The molecule has 0 heterocycles. The summed E-state index contributed by atoms with van der Waals surface area (Å²) in [5.41, 5.74) is 3.05. The normalized spacial score (nSPS) is 18.7. The summed E-state index contributed by atoms with van der Waals surface area (Å²) in [4.78, 5) is 0. The maximum atomic E-state index is 9.72. The van der Waals surface area contributed by atoms with Crippen molar-refractivity contribution in [2.75, 3.05) is 13.2 Å². The van der Waals surface area contributed by atoms with Gasteiger partial charge in [0.05, 0.1) is 0 Å². The second-order valence-corrected chi connectivity index (χ2v) is 7.77. The molecule has 21 heavy (non-hydrogen) atoms. The third kappa shape index (κ3) is 4.55. The lowest BCUT2D eigenvalue weighted by Crippen LogP contribution is -2.38. The van der Waals surface area contributed by atoms with Crippen molar-refractivity contribution in [1.29, 1.82) is 0 Å². The summed E-state index contributed by atoms with van der Waals surface area (Å²) in [5.74, 6) is 0. The molecule has 1 aromatic rings. The van der Waals surface area contributed by atoms with Crippen molar-refractivity contribution in [2.24, 2.45) is 5.41 Å². The summed E-state index contributed by atoms with van der Waals surface area (Å²) in [6.07, 6.45) is 6.19. The van der Waals surface area contributed by atoms with E-state index in [1.807, 2.05) is 0 Å². The Morgan fingerprint density at radius 3 is 2.19 bits per heavy atom. The van der Waals surface area contributed by atoms with Crippen molar-refractivity contribution in [3.63, 3.8) is 0 Å². The summed E-state index contributed by atoms with van der Waals surface area (Å²) >= 11 is 0. The van der Waals surface area contributed by atoms with Gasteiger partial charge in [0.2, 0.25) is 0 Å². The van der Waals surface area contributed by atoms with Crippen LogP contribution in [0.15, 0.2) is 24.3 Å². The van der Waals surface area contributed by atoms with Crippen LogP contribution in [0.4, 0.5) is 0 Å². The minimum absolute atomic E-state index is 0.129. The lowest BCUT2D eigenvalue weighted by molar-refractivity contribution is 0.0810. The molecule has 2 rings (SSSR count). The second kappa shape index (κ2) is 6.93. The van der Waals surface area contributed by atoms with Crippen LogP contribution in [-0.2, 0) is 12.0 Å². The third-order valence-electron chi connectivity index (χ3n) is 4.90. The molecule has 1 aliphatic carbocycles. The molecule has 0 aromatic heterocycles. The maximum absolute atomic E-state index is 9.72. The van der Waals surface area contributed by atoms with E-state index in [4.69, 9.17) is 0 Å². The van der Waals surface area contributed by atoms with Crippen molar-refractivity contribution in [3.05, 3.63) is 35.4 Å². The van der Waals surface area contributed by atoms with Crippen LogP contribution in [0.3, 0.4) is 0 Å². The molecule has 0 spiro atoms. The summed E-state index contributed by atoms with van der Waals surface area (Å²) in [6, 6.07) is 8.92. The van der Waals surface area contributed by atoms with Crippen LogP contribution >= 0.6 is 0 Å². The fourth-order valence-electron chi connectivity index (χ4n) is 3.29. The number of rotatable bonds is 5. The molecule has 1 aliphatic rings. The topological polar surface area (TPSA) is 32.3 Å². The van der Waals surface area contributed by atoms with Crippen molar-refractivity contribution in [1.82, 2.24) is 5.32 Å². The lowest BCUT2D eigenvalue weighted by atomic mass is 9.74. The predicted molar refractivity (Wildman–Crippen MR) is 89.5 cm³/mol. The van der Waals surface area contributed by atoms with Gasteiger partial charge in [0.1, 0.15) is 0 Å². The van der Waals surface area contributed by atoms with Crippen molar-refractivity contribution >= 4 is 0 Å². The quantitative estimate of drug-likeness (QED) is 0.858. The first-order chi connectivity index (χ1) is 9.95. The fraction of sp³-hybridized carbons (Fsp3) is 0.684. The Balaban J connectivity index is 1.85. The second-order valence-electron chi connectivity index (χ2n) is 7.77. The van der Waals surface area contributed by atoms with Crippen LogP contribution in [0.2, 0.25) is 0 Å². The standard InChI is InChI=1S/C19H31NO/c1-18(2,3)17-9-7-16(8-10-17)13-20-14-19(15-21)11-5-4-6-12-19/h7-10,20-21H,4-6,11-15H2,1-3H3. The largest absolute Gasteiger partial charge is 0.396 e. The maximum Gasteiger partial charge on any atom is 0.0499 e. The van der Waals surface area contributed by atoms with Gasteiger partial charge in [-0.2, -0.15) is 0 Å². The average Bonchev–Trinajstić information content (AvgIpc) is 2.48. The Bertz CT molecular complexity index is 424. The number of hydrogen-bond donors (Lipinski definition) is 2. The molecule has 2 N–H and O–H groups in total. The fourth-order valence-corrected chi connectivity index (χ4v) is 3.29. The van der Waals surface area contributed by atoms with E-state index in [-0.39, 0.29) is 10.8 Å². The molecule has 1 aromatic carbocycles. The van der Waals surface area contributed by atoms with E-state index in [2.05, 4.69) is 50.4 Å². The Morgan fingerprint density at radius 1 is 1.05 bits per heavy atom. The monoisotopic (exact) mass is 289 g/mol. The first-order valence-electron chi connectivity index (χ1n) is 8.36. The SMILES string of the molecule is CC(C)(C)c1ccc(CNCC2(CO)CCCCC2)cc1. The van der Waals surface area contributed by atoms with Gasteiger partial charge in [0.25, 0.3) is 0 Å². The summed E-state index contributed by atoms with van der Waals surface area (Å²) in [7, 11) is 0. The molecule has 0 unspecified atom stereocenters. The molecule has 0 amide bonds. The van der Waals surface area contributed by atoms with Crippen molar-refractivity contribution < 1.29 is 5.11 Å². The Kier molecular flexibility index (Phi) is 5.45. The highest BCUT2D eigenvalue weighted by Crippen LogP contribution is 2.35. The smallest absolute Gasteiger partial charge is 0.0499 e. The van der Waals surface area contributed by atoms with E-state index >= 15 is 0 Å². The van der Waals surface area contributed by atoms with Gasteiger partial charge in [-0.3, -0.25) is 0 Å². The molecule has 2 nitrogen and oxygen atoms in total. The van der Waals surface area contributed by atoms with Crippen LogP contribution in [0.1, 0.15) is 64.0 Å². The van der Waals surface area contributed by atoms with E-state index in [1.165, 1.54) is 43.2 Å². The molecule has 0 atom stereocenters. The van der Waals surface area contributed by atoms with Gasteiger partial charge in [-0.25, -0.2) is 0 Å². The molecule has 2 heteroatoms. The zero-order chi connectivity index (χ0) is 15.3. The van der Waals surface area contributed by atoms with Gasteiger partial charge in [0.15, 0.2) is 0 Å². The lowest BCUT2D eigenvalue weighted by Gasteiger charge is -2.35. The van der Waals surface area contributed by atoms with E-state index in [1.54, 1.807) is 0 Å². The highest BCUT2D eigenvalue weighted by Gasteiger charge is 2.30. The summed E-state index contributed by atoms with van der Waals surface area (Å²) < 4.78 is 0. The van der Waals surface area contributed by atoms with Crippen LogP contribution < -0.4 is 5.32 Å². The number of benzene rings is 1. The first-order valence-corrected chi connectivity index (χ1v) is 8.36. The number of nitrogens with one attached hydrogen (secondary N) is 1. The van der Waals surface area contributed by atoms with Gasteiger partial charge in [-0.15, -0.1) is 0 Å². The number of aliphatic hydroxyl groups is 1.